The molecule has 106 valence electrons. The maximum atomic E-state index is 11.6. The lowest BCUT2D eigenvalue weighted by atomic mass is 10.1. The second kappa shape index (κ2) is 5.66. The zero-order valence-corrected chi connectivity index (χ0v) is 10.9. The molecule has 1 atom stereocenters. The Balaban J connectivity index is 2.60. The summed E-state index contributed by atoms with van der Waals surface area (Å²) in [6.45, 7) is 2.29. The van der Waals surface area contributed by atoms with Crippen LogP contribution in [0.4, 0.5) is 11.4 Å². The zero-order valence-electron chi connectivity index (χ0n) is 10.9. The molecule has 20 heavy (non-hydrogen) atoms. The molecule has 8 heteroatoms. The minimum absolute atomic E-state index is 0.0758. The summed E-state index contributed by atoms with van der Waals surface area (Å²) in [4.78, 5) is 28.7. The van der Waals surface area contributed by atoms with Gasteiger partial charge in [-0.25, -0.2) is 4.98 Å². The number of hydrogen-bond acceptors (Lipinski definition) is 6. The van der Waals surface area contributed by atoms with E-state index in [-0.39, 0.29) is 17.1 Å². The topological polar surface area (TPSA) is 127 Å². The van der Waals surface area contributed by atoms with Crippen LogP contribution in [0.5, 0.6) is 0 Å². The minimum Gasteiger partial charge on any atom is -0.375 e. The molecular weight excluding hydrogens is 262 g/mol. The molecule has 2 rings (SSSR count). The molecule has 2 aromatic rings. The standard InChI is InChI=1S/C12H15N5O3/c1-2-7(5-13)16-10-4-9-8(3-11(10)17(19)20)12(18)15-6-14-9/h3-4,6-7,16H,2,5,13H2,1H3,(H,14,15,18). The molecule has 1 heterocycles. The summed E-state index contributed by atoms with van der Waals surface area (Å²) in [5, 5.41) is 14.3. The number of nitro benzene ring substituents is 1. The molecule has 0 spiro atoms. The van der Waals surface area contributed by atoms with Crippen molar-refractivity contribution in [3.8, 4) is 0 Å². The van der Waals surface area contributed by atoms with Crippen molar-refractivity contribution < 1.29 is 4.92 Å². The van der Waals surface area contributed by atoms with E-state index in [1.54, 1.807) is 0 Å². The number of aromatic nitrogens is 2. The van der Waals surface area contributed by atoms with Crippen LogP contribution in [0.2, 0.25) is 0 Å². The summed E-state index contributed by atoms with van der Waals surface area (Å²) >= 11 is 0. The first kappa shape index (κ1) is 13.9. The second-order valence-electron chi connectivity index (χ2n) is 4.36. The molecule has 0 saturated carbocycles. The van der Waals surface area contributed by atoms with Gasteiger partial charge in [-0.05, 0) is 12.5 Å². The Morgan fingerprint density at radius 2 is 2.30 bits per heavy atom. The highest BCUT2D eigenvalue weighted by Crippen LogP contribution is 2.28. The van der Waals surface area contributed by atoms with Crippen LogP contribution in [0.1, 0.15) is 13.3 Å². The van der Waals surface area contributed by atoms with E-state index in [2.05, 4.69) is 15.3 Å². The first-order valence-corrected chi connectivity index (χ1v) is 6.19. The maximum absolute atomic E-state index is 11.6. The average Bonchev–Trinajstić information content (AvgIpc) is 2.44. The van der Waals surface area contributed by atoms with Gasteiger partial charge in [0.2, 0.25) is 0 Å². The predicted octanol–water partition coefficient (Wildman–Crippen LogP) is 0.980. The van der Waals surface area contributed by atoms with Gasteiger partial charge >= 0.3 is 0 Å². The molecular formula is C12H15N5O3. The SMILES string of the molecule is CCC(CN)Nc1cc2nc[nH]c(=O)c2cc1[N+](=O)[O-]. The summed E-state index contributed by atoms with van der Waals surface area (Å²) < 4.78 is 0. The third-order valence-corrected chi connectivity index (χ3v) is 3.09. The number of nitrogens with two attached hydrogens (primary N) is 1. The Hall–Kier alpha value is -2.48. The Kier molecular flexibility index (Phi) is 3.94. The summed E-state index contributed by atoms with van der Waals surface area (Å²) in [6, 6.07) is 2.65. The van der Waals surface area contributed by atoms with E-state index in [9.17, 15) is 14.9 Å². The largest absolute Gasteiger partial charge is 0.375 e. The molecule has 0 amide bonds. The summed E-state index contributed by atoms with van der Waals surface area (Å²) in [5.41, 5.74) is 5.73. The van der Waals surface area contributed by atoms with Gasteiger partial charge in [0.1, 0.15) is 5.69 Å². The third kappa shape index (κ3) is 2.59. The molecule has 1 aromatic heterocycles. The van der Waals surface area contributed by atoms with Crippen molar-refractivity contribution in [1.29, 1.82) is 0 Å². The van der Waals surface area contributed by atoms with Crippen molar-refractivity contribution in [3.05, 3.63) is 38.9 Å². The smallest absolute Gasteiger partial charge is 0.293 e. The van der Waals surface area contributed by atoms with Crippen molar-refractivity contribution >= 4 is 22.3 Å². The van der Waals surface area contributed by atoms with E-state index in [0.717, 1.165) is 6.42 Å². The highest BCUT2D eigenvalue weighted by Gasteiger charge is 2.18. The van der Waals surface area contributed by atoms with Gasteiger partial charge in [0.15, 0.2) is 0 Å². The Morgan fingerprint density at radius 1 is 1.55 bits per heavy atom. The van der Waals surface area contributed by atoms with E-state index in [1.807, 2.05) is 6.92 Å². The number of nitro groups is 1. The van der Waals surface area contributed by atoms with Gasteiger partial charge in [-0.3, -0.25) is 14.9 Å². The molecule has 1 unspecified atom stereocenters. The van der Waals surface area contributed by atoms with E-state index >= 15 is 0 Å². The summed E-state index contributed by atoms with van der Waals surface area (Å²) in [7, 11) is 0. The molecule has 0 saturated heterocycles. The van der Waals surface area contributed by atoms with E-state index in [0.29, 0.717) is 17.7 Å². The van der Waals surface area contributed by atoms with Crippen molar-refractivity contribution in [2.75, 3.05) is 11.9 Å². The van der Waals surface area contributed by atoms with E-state index < -0.39 is 10.5 Å². The van der Waals surface area contributed by atoms with Crippen LogP contribution in [0.25, 0.3) is 10.9 Å². The predicted molar refractivity (Wildman–Crippen MR) is 75.8 cm³/mol. The fourth-order valence-corrected chi connectivity index (χ4v) is 1.92. The van der Waals surface area contributed by atoms with Gasteiger partial charge in [-0.1, -0.05) is 6.92 Å². The van der Waals surface area contributed by atoms with Gasteiger partial charge in [-0.15, -0.1) is 0 Å². The molecule has 1 aromatic carbocycles. The minimum atomic E-state index is -0.530. The third-order valence-electron chi connectivity index (χ3n) is 3.09. The Bertz CT molecular complexity index is 693. The first-order chi connectivity index (χ1) is 9.56. The van der Waals surface area contributed by atoms with Crippen molar-refractivity contribution in [2.24, 2.45) is 5.73 Å². The first-order valence-electron chi connectivity index (χ1n) is 6.19. The second-order valence-corrected chi connectivity index (χ2v) is 4.36. The maximum Gasteiger partial charge on any atom is 0.293 e. The molecule has 4 N–H and O–H groups in total. The zero-order chi connectivity index (χ0) is 14.7. The van der Waals surface area contributed by atoms with Crippen LogP contribution in [-0.2, 0) is 0 Å². The number of hydrogen-bond donors (Lipinski definition) is 3. The van der Waals surface area contributed by atoms with E-state index in [1.165, 1.54) is 18.5 Å². The van der Waals surface area contributed by atoms with Crippen LogP contribution in [0.15, 0.2) is 23.3 Å². The lowest BCUT2D eigenvalue weighted by molar-refractivity contribution is -0.383. The van der Waals surface area contributed by atoms with Crippen LogP contribution >= 0.6 is 0 Å². The lowest BCUT2D eigenvalue weighted by Crippen LogP contribution is -2.28. The molecule has 8 nitrogen and oxygen atoms in total. The molecule has 0 fully saturated rings. The number of nitrogens with zero attached hydrogens (tertiary/aromatic N) is 2. The number of nitrogens with one attached hydrogen (secondary N) is 2. The molecule has 0 aliphatic heterocycles. The summed E-state index contributed by atoms with van der Waals surface area (Å²) in [6.07, 6.45) is 2.00. The van der Waals surface area contributed by atoms with Crippen LogP contribution < -0.4 is 16.6 Å². The summed E-state index contributed by atoms with van der Waals surface area (Å²) in [5.74, 6) is 0. The number of benzene rings is 1. The molecule has 0 aliphatic carbocycles. The van der Waals surface area contributed by atoms with Crippen molar-refractivity contribution in [2.45, 2.75) is 19.4 Å². The monoisotopic (exact) mass is 277 g/mol. The van der Waals surface area contributed by atoms with Crippen LogP contribution in [0, 0.1) is 10.1 Å². The fraction of sp³-hybridized carbons (Fsp3) is 0.333. The number of anilines is 1. The Labute approximate surface area is 114 Å². The highest BCUT2D eigenvalue weighted by molar-refractivity contribution is 5.86. The number of rotatable bonds is 5. The van der Waals surface area contributed by atoms with Crippen molar-refractivity contribution in [3.63, 3.8) is 0 Å². The molecule has 0 aliphatic rings. The van der Waals surface area contributed by atoms with E-state index in [4.69, 9.17) is 5.73 Å². The fourth-order valence-electron chi connectivity index (χ4n) is 1.92. The quantitative estimate of drug-likeness (QED) is 0.552. The number of H-pyrrole nitrogens is 1. The van der Waals surface area contributed by atoms with Gasteiger partial charge in [0.05, 0.1) is 22.2 Å². The van der Waals surface area contributed by atoms with Gasteiger partial charge < -0.3 is 16.0 Å². The normalized spacial score (nSPS) is 12.3. The van der Waals surface area contributed by atoms with Crippen molar-refractivity contribution in [1.82, 2.24) is 9.97 Å². The van der Waals surface area contributed by atoms with Gasteiger partial charge in [0.25, 0.3) is 11.2 Å². The number of fused-ring (bicyclic) bond motifs is 1. The Morgan fingerprint density at radius 3 is 2.90 bits per heavy atom. The lowest BCUT2D eigenvalue weighted by Gasteiger charge is -2.16. The highest BCUT2D eigenvalue weighted by atomic mass is 16.6. The van der Waals surface area contributed by atoms with Crippen LogP contribution in [-0.4, -0.2) is 27.5 Å². The van der Waals surface area contributed by atoms with Crippen LogP contribution in [0.3, 0.4) is 0 Å². The average molecular weight is 277 g/mol. The number of aromatic amines is 1. The molecule has 0 bridgehead atoms. The van der Waals surface area contributed by atoms with Gasteiger partial charge in [0, 0.05) is 18.7 Å². The van der Waals surface area contributed by atoms with Gasteiger partial charge in [-0.2, -0.15) is 0 Å². The molecule has 0 radical (unpaired) electrons.